The van der Waals surface area contributed by atoms with Gasteiger partial charge in [0.05, 0.1) is 18.7 Å². The first-order valence-corrected chi connectivity index (χ1v) is 11.3. The summed E-state index contributed by atoms with van der Waals surface area (Å²) >= 11 is 0. The van der Waals surface area contributed by atoms with Gasteiger partial charge in [0.2, 0.25) is 0 Å². The van der Waals surface area contributed by atoms with Crippen LogP contribution >= 0.6 is 0 Å². The zero-order valence-corrected chi connectivity index (χ0v) is 19.2. The molecule has 7 nitrogen and oxygen atoms in total. The quantitative estimate of drug-likeness (QED) is 0.463. The second-order valence-electron chi connectivity index (χ2n) is 8.99. The highest BCUT2D eigenvalue weighted by atomic mass is 16.6. The van der Waals surface area contributed by atoms with Crippen LogP contribution in [-0.2, 0) is 9.47 Å². The first kappa shape index (κ1) is 25.5. The number of nitrogens with one attached hydrogen (secondary N) is 2. The van der Waals surface area contributed by atoms with E-state index in [9.17, 15) is 9.59 Å². The molecule has 7 heteroatoms. The summed E-state index contributed by atoms with van der Waals surface area (Å²) in [6, 6.07) is -0.446. The summed E-state index contributed by atoms with van der Waals surface area (Å²) in [4.78, 5) is 26.0. The number of methoxy groups -OCH3 is 1. The summed E-state index contributed by atoms with van der Waals surface area (Å²) in [6.45, 7) is 9.22. The smallest absolute Gasteiger partial charge is 0.410 e. The molecular formula is C22H43N3O4. The van der Waals surface area contributed by atoms with E-state index in [0.29, 0.717) is 19.6 Å². The molecular weight excluding hydrogens is 370 g/mol. The summed E-state index contributed by atoms with van der Waals surface area (Å²) in [5, 5.41) is 5.85. The third-order valence-corrected chi connectivity index (χ3v) is 5.10. The fourth-order valence-corrected chi connectivity index (χ4v) is 3.48. The monoisotopic (exact) mass is 413 g/mol. The molecule has 1 unspecified atom stereocenters. The van der Waals surface area contributed by atoms with Gasteiger partial charge in [-0.05, 0) is 27.2 Å². The van der Waals surface area contributed by atoms with E-state index in [2.05, 4.69) is 17.6 Å². The lowest BCUT2D eigenvalue weighted by molar-refractivity contribution is 0.0252. The van der Waals surface area contributed by atoms with E-state index in [1.54, 1.807) is 12.0 Å². The Morgan fingerprint density at radius 3 is 2.10 bits per heavy atom. The van der Waals surface area contributed by atoms with Crippen LogP contribution in [0.2, 0.25) is 0 Å². The van der Waals surface area contributed by atoms with Crippen molar-refractivity contribution in [3.63, 3.8) is 0 Å². The highest BCUT2D eigenvalue weighted by molar-refractivity contribution is 5.75. The number of carbonyl (C=O) groups excluding carboxylic acids is 2. The number of hydrogen-bond donors (Lipinski definition) is 2. The molecule has 1 heterocycles. The molecule has 0 bridgehead atoms. The van der Waals surface area contributed by atoms with Crippen molar-refractivity contribution in [3.05, 3.63) is 0 Å². The van der Waals surface area contributed by atoms with Crippen LogP contribution in [0.4, 0.5) is 9.59 Å². The van der Waals surface area contributed by atoms with Crippen molar-refractivity contribution >= 4 is 12.1 Å². The van der Waals surface area contributed by atoms with Crippen LogP contribution in [0, 0.1) is 0 Å². The molecule has 1 rings (SSSR count). The Hall–Kier alpha value is -1.50. The highest BCUT2D eigenvalue weighted by Crippen LogP contribution is 2.17. The van der Waals surface area contributed by atoms with Gasteiger partial charge in [-0.2, -0.15) is 0 Å². The van der Waals surface area contributed by atoms with Crippen molar-refractivity contribution in [3.8, 4) is 0 Å². The van der Waals surface area contributed by atoms with Gasteiger partial charge in [0, 0.05) is 20.2 Å². The lowest BCUT2D eigenvalue weighted by Crippen LogP contribution is -2.48. The van der Waals surface area contributed by atoms with Gasteiger partial charge in [-0.1, -0.05) is 58.3 Å². The molecule has 0 aromatic heterocycles. The third-order valence-electron chi connectivity index (χ3n) is 5.10. The number of hydrogen-bond acceptors (Lipinski definition) is 4. The Morgan fingerprint density at radius 2 is 1.55 bits per heavy atom. The maximum atomic E-state index is 12.2. The van der Waals surface area contributed by atoms with Crippen molar-refractivity contribution in [2.75, 3.05) is 26.7 Å². The van der Waals surface area contributed by atoms with Gasteiger partial charge >= 0.3 is 12.1 Å². The third kappa shape index (κ3) is 11.3. The average Bonchev–Trinajstić information content (AvgIpc) is 3.05. The van der Waals surface area contributed by atoms with Crippen molar-refractivity contribution in [2.45, 2.75) is 103 Å². The number of carbonyl (C=O) groups is 2. The summed E-state index contributed by atoms with van der Waals surface area (Å²) < 4.78 is 10.9. The standard InChI is InChI=1S/C22H43N3O4/c1-6-7-8-9-10-11-12-13-14-15-23-20(26)24-18-16-25(17-19(18)28-5)21(27)29-22(2,3)4/h18-19H,6-17H2,1-5H3,(H2,23,24,26)/t18?,19-/m0/s1. The van der Waals surface area contributed by atoms with Crippen LogP contribution in [0.5, 0.6) is 0 Å². The zero-order chi connectivity index (χ0) is 21.7. The van der Waals surface area contributed by atoms with Crippen LogP contribution in [0.1, 0.15) is 85.5 Å². The molecule has 0 spiro atoms. The molecule has 0 saturated carbocycles. The topological polar surface area (TPSA) is 79.9 Å². The van der Waals surface area contributed by atoms with E-state index >= 15 is 0 Å². The summed E-state index contributed by atoms with van der Waals surface area (Å²) in [6.07, 6.45) is 10.7. The predicted octanol–water partition coefficient (Wildman–Crippen LogP) is 4.45. The number of likely N-dealkylation sites (tertiary alicyclic amines) is 1. The number of urea groups is 1. The normalized spacial score (nSPS) is 19.3. The van der Waals surface area contributed by atoms with Crippen LogP contribution < -0.4 is 10.6 Å². The van der Waals surface area contributed by atoms with E-state index in [1.165, 1.54) is 44.9 Å². The van der Waals surface area contributed by atoms with E-state index < -0.39 is 5.60 Å². The van der Waals surface area contributed by atoms with Crippen LogP contribution in [0.25, 0.3) is 0 Å². The van der Waals surface area contributed by atoms with Gasteiger partial charge in [-0.3, -0.25) is 0 Å². The number of unbranched alkanes of at least 4 members (excludes halogenated alkanes) is 8. The largest absolute Gasteiger partial charge is 0.444 e. The number of ether oxygens (including phenoxy) is 2. The fraction of sp³-hybridized carbons (Fsp3) is 0.909. The SMILES string of the molecule is CCCCCCCCCCCNC(=O)NC1CN(C(=O)OC(C)(C)C)C[C@@H]1OC. The van der Waals surface area contributed by atoms with E-state index in [0.717, 1.165) is 12.8 Å². The summed E-state index contributed by atoms with van der Waals surface area (Å²) in [5.41, 5.74) is -0.544. The van der Waals surface area contributed by atoms with Gasteiger partial charge in [-0.15, -0.1) is 0 Å². The maximum Gasteiger partial charge on any atom is 0.410 e. The average molecular weight is 414 g/mol. The maximum absolute atomic E-state index is 12.2. The van der Waals surface area contributed by atoms with Crippen molar-refractivity contribution in [1.29, 1.82) is 0 Å². The minimum absolute atomic E-state index is 0.206. The lowest BCUT2D eigenvalue weighted by Gasteiger charge is -2.24. The minimum atomic E-state index is -0.544. The number of rotatable bonds is 12. The Bertz CT molecular complexity index is 479. The van der Waals surface area contributed by atoms with Crippen LogP contribution in [0.15, 0.2) is 0 Å². The van der Waals surface area contributed by atoms with E-state index in [4.69, 9.17) is 9.47 Å². The van der Waals surface area contributed by atoms with Crippen molar-refractivity contribution in [2.24, 2.45) is 0 Å². The van der Waals surface area contributed by atoms with Gasteiger partial charge in [-0.25, -0.2) is 9.59 Å². The molecule has 29 heavy (non-hydrogen) atoms. The Morgan fingerprint density at radius 1 is 0.966 bits per heavy atom. The number of nitrogens with zero attached hydrogens (tertiary/aromatic N) is 1. The highest BCUT2D eigenvalue weighted by Gasteiger charge is 2.38. The molecule has 1 aliphatic heterocycles. The van der Waals surface area contributed by atoms with Crippen LogP contribution in [-0.4, -0.2) is 61.5 Å². The molecule has 0 aliphatic carbocycles. The minimum Gasteiger partial charge on any atom is -0.444 e. The molecule has 0 aromatic rings. The molecule has 3 amide bonds. The zero-order valence-electron chi connectivity index (χ0n) is 19.2. The molecule has 1 saturated heterocycles. The fourth-order valence-electron chi connectivity index (χ4n) is 3.48. The lowest BCUT2D eigenvalue weighted by atomic mass is 10.1. The van der Waals surface area contributed by atoms with E-state index in [-0.39, 0.29) is 24.3 Å². The molecule has 1 aliphatic rings. The van der Waals surface area contributed by atoms with Crippen molar-refractivity contribution in [1.82, 2.24) is 15.5 Å². The molecule has 2 N–H and O–H groups in total. The van der Waals surface area contributed by atoms with Crippen molar-refractivity contribution < 1.29 is 19.1 Å². The summed E-state index contributed by atoms with van der Waals surface area (Å²) in [5.74, 6) is 0. The Balaban J connectivity index is 2.18. The Kier molecular flexibility index (Phi) is 12.0. The van der Waals surface area contributed by atoms with Gasteiger partial charge in [0.15, 0.2) is 0 Å². The molecule has 2 atom stereocenters. The Labute approximate surface area is 177 Å². The van der Waals surface area contributed by atoms with E-state index in [1.807, 2.05) is 20.8 Å². The predicted molar refractivity (Wildman–Crippen MR) is 116 cm³/mol. The van der Waals surface area contributed by atoms with Gasteiger partial charge < -0.3 is 25.0 Å². The molecule has 170 valence electrons. The summed E-state index contributed by atoms with van der Waals surface area (Å²) in [7, 11) is 1.60. The first-order chi connectivity index (χ1) is 13.8. The molecule has 0 radical (unpaired) electrons. The van der Waals surface area contributed by atoms with Gasteiger partial charge in [0.25, 0.3) is 0 Å². The second-order valence-corrected chi connectivity index (χ2v) is 8.99. The van der Waals surface area contributed by atoms with Crippen LogP contribution in [0.3, 0.4) is 0 Å². The first-order valence-electron chi connectivity index (χ1n) is 11.3. The molecule has 0 aromatic carbocycles. The second kappa shape index (κ2) is 13.7. The van der Waals surface area contributed by atoms with Gasteiger partial charge in [0.1, 0.15) is 5.60 Å². The number of amides is 3. The molecule has 1 fully saturated rings.